The second kappa shape index (κ2) is 8.39. The van der Waals surface area contributed by atoms with Crippen molar-refractivity contribution in [2.75, 3.05) is 5.32 Å². The van der Waals surface area contributed by atoms with E-state index in [1.807, 2.05) is 24.3 Å². The van der Waals surface area contributed by atoms with Crippen LogP contribution in [0.4, 0.5) is 5.69 Å². The Morgan fingerprint density at radius 2 is 1.93 bits per heavy atom. The number of hydrogen-bond donors (Lipinski definition) is 3. The number of aryl methyl sites for hydroxylation is 1. The van der Waals surface area contributed by atoms with Crippen LogP contribution >= 0.6 is 35.2 Å². The van der Waals surface area contributed by atoms with Crippen molar-refractivity contribution >= 4 is 62.1 Å². The highest BCUT2D eigenvalue weighted by molar-refractivity contribution is 7.80. The number of phenols is 1. The molecule has 3 N–H and O–H groups in total. The third-order valence-electron chi connectivity index (χ3n) is 4.40. The van der Waals surface area contributed by atoms with Crippen LogP contribution in [0.5, 0.6) is 5.75 Å². The van der Waals surface area contributed by atoms with Gasteiger partial charge in [-0.3, -0.25) is 10.1 Å². The van der Waals surface area contributed by atoms with Crippen LogP contribution in [0.3, 0.4) is 0 Å². The van der Waals surface area contributed by atoms with Gasteiger partial charge in [-0.1, -0.05) is 29.8 Å². The summed E-state index contributed by atoms with van der Waals surface area (Å²) in [6, 6.07) is 17.9. The Morgan fingerprint density at radius 1 is 1.13 bits per heavy atom. The molecule has 3 aromatic carbocycles. The predicted molar refractivity (Wildman–Crippen MR) is 127 cm³/mol. The van der Waals surface area contributed by atoms with E-state index in [9.17, 15) is 9.90 Å². The van der Waals surface area contributed by atoms with Gasteiger partial charge in [-0.2, -0.15) is 0 Å². The van der Waals surface area contributed by atoms with Gasteiger partial charge in [-0.15, -0.1) is 11.3 Å². The smallest absolute Gasteiger partial charge is 0.257 e. The Kier molecular flexibility index (Phi) is 5.67. The summed E-state index contributed by atoms with van der Waals surface area (Å²) >= 11 is 12.7. The predicted octanol–water partition coefficient (Wildman–Crippen LogP) is 5.76. The van der Waals surface area contributed by atoms with E-state index in [0.717, 1.165) is 10.2 Å². The van der Waals surface area contributed by atoms with Crippen molar-refractivity contribution in [2.24, 2.45) is 0 Å². The Morgan fingerprint density at radius 3 is 2.70 bits per heavy atom. The third kappa shape index (κ3) is 4.28. The Bertz CT molecular complexity index is 1250. The number of carbonyl (C=O) groups is 1. The van der Waals surface area contributed by atoms with Crippen molar-refractivity contribution in [2.45, 2.75) is 6.92 Å². The van der Waals surface area contributed by atoms with Crippen molar-refractivity contribution in [3.05, 3.63) is 76.8 Å². The fourth-order valence-electron chi connectivity index (χ4n) is 2.97. The number of phenolic OH excluding ortho intramolecular Hbond substituents is 1. The SMILES string of the molecule is Cc1cc(NC(=S)NC(=O)c2cccc(Cl)c2)cc(-c2nc3ccccc3s2)c1O. The van der Waals surface area contributed by atoms with E-state index in [0.29, 0.717) is 32.4 Å². The molecule has 4 rings (SSSR count). The molecule has 0 unspecified atom stereocenters. The highest BCUT2D eigenvalue weighted by atomic mass is 35.5. The summed E-state index contributed by atoms with van der Waals surface area (Å²) in [5.74, 6) is -0.203. The first kappa shape index (κ1) is 20.3. The van der Waals surface area contributed by atoms with Crippen molar-refractivity contribution < 1.29 is 9.90 Å². The zero-order valence-electron chi connectivity index (χ0n) is 15.8. The van der Waals surface area contributed by atoms with Gasteiger partial charge >= 0.3 is 0 Å². The van der Waals surface area contributed by atoms with Crippen molar-refractivity contribution in [3.8, 4) is 16.3 Å². The molecule has 30 heavy (non-hydrogen) atoms. The normalized spacial score (nSPS) is 10.7. The van der Waals surface area contributed by atoms with E-state index in [2.05, 4.69) is 15.6 Å². The zero-order chi connectivity index (χ0) is 21.3. The number of carbonyl (C=O) groups excluding carboxylic acids is 1. The number of anilines is 1. The van der Waals surface area contributed by atoms with Gasteiger partial charge < -0.3 is 10.4 Å². The average molecular weight is 454 g/mol. The maximum atomic E-state index is 12.4. The van der Waals surface area contributed by atoms with E-state index in [1.165, 1.54) is 11.3 Å². The fourth-order valence-corrected chi connectivity index (χ4v) is 4.35. The van der Waals surface area contributed by atoms with Gasteiger partial charge in [0.05, 0.1) is 15.8 Å². The lowest BCUT2D eigenvalue weighted by molar-refractivity contribution is 0.0977. The van der Waals surface area contributed by atoms with Gasteiger partial charge in [0.2, 0.25) is 0 Å². The number of halogens is 1. The highest BCUT2D eigenvalue weighted by Crippen LogP contribution is 2.38. The molecule has 0 aliphatic rings. The monoisotopic (exact) mass is 453 g/mol. The second-order valence-corrected chi connectivity index (χ2v) is 8.47. The highest BCUT2D eigenvalue weighted by Gasteiger charge is 2.15. The molecule has 0 saturated heterocycles. The third-order valence-corrected chi connectivity index (χ3v) is 5.91. The number of aromatic hydroxyl groups is 1. The topological polar surface area (TPSA) is 74.2 Å². The van der Waals surface area contributed by atoms with Crippen molar-refractivity contribution in [1.82, 2.24) is 10.3 Å². The molecule has 1 amide bonds. The first-order valence-corrected chi connectivity index (χ1v) is 10.6. The quantitative estimate of drug-likeness (QED) is 0.272. The molecule has 1 aromatic heterocycles. The van der Waals surface area contributed by atoms with Crippen molar-refractivity contribution in [3.63, 3.8) is 0 Å². The van der Waals surface area contributed by atoms with Crippen LogP contribution in [0.15, 0.2) is 60.7 Å². The largest absolute Gasteiger partial charge is 0.507 e. The van der Waals surface area contributed by atoms with Gasteiger partial charge in [-0.25, -0.2) is 4.98 Å². The van der Waals surface area contributed by atoms with E-state index in [1.54, 1.807) is 43.3 Å². The number of thiazole rings is 1. The van der Waals surface area contributed by atoms with Gasteiger partial charge in [0.1, 0.15) is 10.8 Å². The number of aromatic nitrogens is 1. The summed E-state index contributed by atoms with van der Waals surface area (Å²) in [5.41, 5.74) is 3.18. The lowest BCUT2D eigenvalue weighted by atomic mass is 10.1. The molecular formula is C22H16ClN3O2S2. The van der Waals surface area contributed by atoms with Gasteiger partial charge in [0, 0.05) is 16.3 Å². The van der Waals surface area contributed by atoms with Gasteiger partial charge in [-0.05, 0) is 67.2 Å². The first-order chi connectivity index (χ1) is 14.4. The molecule has 0 aliphatic carbocycles. The maximum absolute atomic E-state index is 12.4. The summed E-state index contributed by atoms with van der Waals surface area (Å²) in [6.07, 6.45) is 0. The lowest BCUT2D eigenvalue weighted by Gasteiger charge is -2.13. The molecule has 150 valence electrons. The van der Waals surface area contributed by atoms with Crippen LogP contribution in [0.2, 0.25) is 5.02 Å². The van der Waals surface area contributed by atoms with E-state index in [-0.39, 0.29) is 16.8 Å². The number of nitrogens with zero attached hydrogens (tertiary/aromatic N) is 1. The molecule has 0 radical (unpaired) electrons. The molecular weight excluding hydrogens is 438 g/mol. The standard InChI is InChI=1S/C22H16ClN3O2S2/c1-12-9-15(24-22(29)26-20(28)13-5-4-6-14(23)10-13)11-16(19(12)27)21-25-17-7-2-3-8-18(17)30-21/h2-11,27H,1H3,(H2,24,26,28,29). The Hall–Kier alpha value is -3.00. The van der Waals surface area contributed by atoms with Crippen LogP contribution in [0.25, 0.3) is 20.8 Å². The summed E-state index contributed by atoms with van der Waals surface area (Å²) < 4.78 is 1.03. The van der Waals surface area contributed by atoms with E-state index in [4.69, 9.17) is 23.8 Å². The average Bonchev–Trinajstić information content (AvgIpc) is 3.14. The minimum absolute atomic E-state index is 0.139. The number of fused-ring (bicyclic) bond motifs is 1. The first-order valence-electron chi connectivity index (χ1n) is 8.98. The summed E-state index contributed by atoms with van der Waals surface area (Å²) in [4.78, 5) is 17.0. The molecule has 5 nitrogen and oxygen atoms in total. The summed E-state index contributed by atoms with van der Waals surface area (Å²) in [7, 11) is 0. The number of benzene rings is 3. The minimum Gasteiger partial charge on any atom is -0.507 e. The van der Waals surface area contributed by atoms with Crippen LogP contribution < -0.4 is 10.6 Å². The zero-order valence-corrected chi connectivity index (χ0v) is 18.2. The van der Waals surface area contributed by atoms with Crippen LogP contribution in [0, 0.1) is 6.92 Å². The minimum atomic E-state index is -0.364. The van der Waals surface area contributed by atoms with Crippen molar-refractivity contribution in [1.29, 1.82) is 0 Å². The number of nitrogens with one attached hydrogen (secondary N) is 2. The van der Waals surface area contributed by atoms with E-state index >= 15 is 0 Å². The number of rotatable bonds is 3. The molecule has 0 atom stereocenters. The lowest BCUT2D eigenvalue weighted by Crippen LogP contribution is -2.34. The summed E-state index contributed by atoms with van der Waals surface area (Å²) in [5, 5.41) is 17.5. The molecule has 0 spiro atoms. The van der Waals surface area contributed by atoms with Crippen LogP contribution in [0.1, 0.15) is 15.9 Å². The Balaban J connectivity index is 1.57. The van der Waals surface area contributed by atoms with Crippen LogP contribution in [-0.2, 0) is 0 Å². The maximum Gasteiger partial charge on any atom is 0.257 e. The Labute approximate surface area is 187 Å². The molecule has 1 heterocycles. The number of hydrogen-bond acceptors (Lipinski definition) is 5. The second-order valence-electron chi connectivity index (χ2n) is 6.59. The molecule has 0 aliphatic heterocycles. The van der Waals surface area contributed by atoms with Gasteiger partial charge in [0.15, 0.2) is 5.11 Å². The van der Waals surface area contributed by atoms with E-state index < -0.39 is 0 Å². The molecule has 4 aromatic rings. The number of thiocarbonyl (C=S) groups is 1. The summed E-state index contributed by atoms with van der Waals surface area (Å²) in [6.45, 7) is 1.80. The fraction of sp³-hybridized carbons (Fsp3) is 0.0455. The molecule has 0 fully saturated rings. The molecule has 0 saturated carbocycles. The number of amides is 1. The van der Waals surface area contributed by atoms with Gasteiger partial charge in [0.25, 0.3) is 5.91 Å². The molecule has 8 heteroatoms. The molecule has 0 bridgehead atoms. The number of para-hydroxylation sites is 1. The van der Waals surface area contributed by atoms with Crippen LogP contribution in [-0.4, -0.2) is 21.1 Å².